The lowest BCUT2D eigenvalue weighted by Gasteiger charge is -2.10. The molecule has 0 saturated heterocycles. The zero-order chi connectivity index (χ0) is 13.2. The molecule has 0 heterocycles. The first kappa shape index (κ1) is 14.3. The van der Waals surface area contributed by atoms with Gasteiger partial charge in [-0.3, -0.25) is 4.79 Å². The molecule has 0 aliphatic carbocycles. The van der Waals surface area contributed by atoms with Crippen LogP contribution >= 0.6 is 0 Å². The Morgan fingerprint density at radius 1 is 1.33 bits per heavy atom. The first-order chi connectivity index (χ1) is 8.72. The Balaban J connectivity index is 2.60. The number of esters is 1. The summed E-state index contributed by atoms with van der Waals surface area (Å²) >= 11 is 0. The van der Waals surface area contributed by atoms with Crippen LogP contribution in [0.3, 0.4) is 0 Å². The molecule has 1 atom stereocenters. The van der Waals surface area contributed by atoms with E-state index in [-0.39, 0.29) is 12.6 Å². The van der Waals surface area contributed by atoms with Crippen molar-refractivity contribution in [3.05, 3.63) is 35.9 Å². The van der Waals surface area contributed by atoms with E-state index in [4.69, 9.17) is 9.84 Å². The molecule has 0 bridgehead atoms. The number of rotatable bonds is 5. The third-order valence-corrected chi connectivity index (χ3v) is 2.33. The first-order valence-electron chi connectivity index (χ1n) is 6.07. The molecule has 1 aromatic rings. The number of aliphatic hydroxyl groups is 1. The van der Waals surface area contributed by atoms with E-state index in [1.54, 1.807) is 0 Å². The molecule has 0 aliphatic rings. The van der Waals surface area contributed by atoms with E-state index in [0.29, 0.717) is 12.8 Å². The molecule has 0 radical (unpaired) electrons. The van der Waals surface area contributed by atoms with E-state index in [1.807, 2.05) is 30.3 Å². The molecule has 0 fully saturated rings. The predicted molar refractivity (Wildman–Crippen MR) is 69.8 cm³/mol. The van der Waals surface area contributed by atoms with Gasteiger partial charge in [-0.15, -0.1) is 0 Å². The molecule has 1 rings (SSSR count). The topological polar surface area (TPSA) is 46.5 Å². The van der Waals surface area contributed by atoms with Crippen LogP contribution in [0.25, 0.3) is 0 Å². The minimum atomic E-state index is -0.394. The smallest absolute Gasteiger partial charge is 0.303 e. The van der Waals surface area contributed by atoms with Gasteiger partial charge in [0.2, 0.25) is 0 Å². The molecule has 1 N–H and O–H groups in total. The molecule has 3 nitrogen and oxygen atoms in total. The molecule has 1 unspecified atom stereocenters. The molecule has 0 spiro atoms. The average molecular weight is 246 g/mol. The lowest BCUT2D eigenvalue weighted by molar-refractivity contribution is -0.144. The Labute approximate surface area is 108 Å². The third-order valence-electron chi connectivity index (χ3n) is 2.33. The van der Waals surface area contributed by atoms with Crippen molar-refractivity contribution in [1.29, 1.82) is 0 Å². The number of aliphatic hydroxyl groups excluding tert-OH is 1. The third kappa shape index (κ3) is 6.07. The summed E-state index contributed by atoms with van der Waals surface area (Å²) in [6, 6.07) is 9.57. The highest BCUT2D eigenvalue weighted by Gasteiger charge is 2.07. The van der Waals surface area contributed by atoms with Gasteiger partial charge in [0, 0.05) is 19.1 Å². The van der Waals surface area contributed by atoms with Crippen molar-refractivity contribution in [2.45, 2.75) is 32.3 Å². The molecule has 0 amide bonds. The normalized spacial score (nSPS) is 11.2. The molecule has 1 aromatic carbocycles. The van der Waals surface area contributed by atoms with Crippen LogP contribution in [0.4, 0.5) is 0 Å². The standard InChI is InChI=1S/C15H18O3/c1-13(17)18-15(9-5-6-12-16)11-10-14-7-3-2-4-8-14/h2-4,7-8,15-16H,5-6,9,12H2,1H3. The molecule has 0 aromatic heterocycles. The van der Waals surface area contributed by atoms with E-state index < -0.39 is 6.10 Å². The number of carbonyl (C=O) groups excluding carboxylic acids is 1. The maximum Gasteiger partial charge on any atom is 0.303 e. The quantitative estimate of drug-likeness (QED) is 0.492. The minimum absolute atomic E-state index is 0.152. The fraction of sp³-hybridized carbons (Fsp3) is 0.400. The van der Waals surface area contributed by atoms with Crippen molar-refractivity contribution < 1.29 is 14.6 Å². The van der Waals surface area contributed by atoms with Crippen LogP contribution in [0.2, 0.25) is 0 Å². The number of hydrogen-bond acceptors (Lipinski definition) is 3. The van der Waals surface area contributed by atoms with Crippen molar-refractivity contribution in [2.75, 3.05) is 6.61 Å². The summed E-state index contributed by atoms with van der Waals surface area (Å²) in [5.74, 6) is 5.61. The van der Waals surface area contributed by atoms with Crippen molar-refractivity contribution in [3.8, 4) is 11.8 Å². The number of unbranched alkanes of at least 4 members (excludes halogenated alkanes) is 1. The van der Waals surface area contributed by atoms with Gasteiger partial charge in [0.25, 0.3) is 0 Å². The second-order valence-electron chi connectivity index (χ2n) is 3.95. The van der Waals surface area contributed by atoms with Crippen LogP contribution in [-0.4, -0.2) is 23.8 Å². The summed E-state index contributed by atoms with van der Waals surface area (Å²) in [6.45, 7) is 1.53. The highest BCUT2D eigenvalue weighted by molar-refractivity contribution is 5.66. The first-order valence-corrected chi connectivity index (χ1v) is 6.07. The van der Waals surface area contributed by atoms with Gasteiger partial charge in [-0.2, -0.15) is 0 Å². The fourth-order valence-corrected chi connectivity index (χ4v) is 1.49. The summed E-state index contributed by atoms with van der Waals surface area (Å²) in [5.41, 5.74) is 0.900. The van der Waals surface area contributed by atoms with Crippen molar-refractivity contribution in [2.24, 2.45) is 0 Å². The van der Waals surface area contributed by atoms with Crippen molar-refractivity contribution in [1.82, 2.24) is 0 Å². The van der Waals surface area contributed by atoms with E-state index in [9.17, 15) is 4.79 Å². The molecule has 18 heavy (non-hydrogen) atoms. The largest absolute Gasteiger partial charge is 0.449 e. The SMILES string of the molecule is CC(=O)OC(C#Cc1ccccc1)CCCCO. The second-order valence-corrected chi connectivity index (χ2v) is 3.95. The summed E-state index contributed by atoms with van der Waals surface area (Å²) in [7, 11) is 0. The monoisotopic (exact) mass is 246 g/mol. The number of carbonyl (C=O) groups is 1. The summed E-state index contributed by atoms with van der Waals surface area (Å²) < 4.78 is 5.12. The number of benzene rings is 1. The van der Waals surface area contributed by atoms with Crippen LogP contribution < -0.4 is 0 Å². The van der Waals surface area contributed by atoms with Gasteiger partial charge in [0.05, 0.1) is 0 Å². The maximum absolute atomic E-state index is 11.0. The van der Waals surface area contributed by atoms with Crippen LogP contribution in [0.15, 0.2) is 30.3 Å². The highest BCUT2D eigenvalue weighted by Crippen LogP contribution is 2.05. The molecule has 96 valence electrons. The second kappa shape index (κ2) is 8.32. The van der Waals surface area contributed by atoms with E-state index in [1.165, 1.54) is 6.92 Å². The maximum atomic E-state index is 11.0. The average Bonchev–Trinajstić information content (AvgIpc) is 2.37. The van der Waals surface area contributed by atoms with Gasteiger partial charge >= 0.3 is 5.97 Å². The van der Waals surface area contributed by atoms with Gasteiger partial charge in [0.1, 0.15) is 0 Å². The fourth-order valence-electron chi connectivity index (χ4n) is 1.49. The van der Waals surface area contributed by atoms with Crippen LogP contribution in [0, 0.1) is 11.8 Å². The lowest BCUT2D eigenvalue weighted by atomic mass is 10.1. The number of ether oxygens (including phenoxy) is 1. The van der Waals surface area contributed by atoms with Crippen molar-refractivity contribution in [3.63, 3.8) is 0 Å². The lowest BCUT2D eigenvalue weighted by Crippen LogP contribution is -2.14. The van der Waals surface area contributed by atoms with Crippen molar-refractivity contribution >= 4 is 5.97 Å². The molecule has 3 heteroatoms. The molecular formula is C15H18O3. The Kier molecular flexibility index (Phi) is 6.60. The van der Waals surface area contributed by atoms with E-state index in [0.717, 1.165) is 12.0 Å². The summed E-state index contributed by atoms with van der Waals surface area (Å²) in [5, 5.41) is 8.73. The molecule has 0 saturated carbocycles. The van der Waals surface area contributed by atoms with Gasteiger partial charge in [0.15, 0.2) is 6.10 Å². The van der Waals surface area contributed by atoms with Crippen LogP contribution in [0.5, 0.6) is 0 Å². The van der Waals surface area contributed by atoms with Gasteiger partial charge < -0.3 is 9.84 Å². The Morgan fingerprint density at radius 2 is 2.06 bits per heavy atom. The molecule has 0 aliphatic heterocycles. The minimum Gasteiger partial charge on any atom is -0.449 e. The van der Waals surface area contributed by atoms with E-state index in [2.05, 4.69) is 11.8 Å². The van der Waals surface area contributed by atoms with Gasteiger partial charge in [-0.05, 0) is 31.4 Å². The van der Waals surface area contributed by atoms with Gasteiger partial charge in [-0.25, -0.2) is 0 Å². The predicted octanol–water partition coefficient (Wildman–Crippen LogP) is 2.13. The Bertz CT molecular complexity index is 414. The zero-order valence-corrected chi connectivity index (χ0v) is 10.6. The Hall–Kier alpha value is -1.79. The molecular weight excluding hydrogens is 228 g/mol. The number of hydrogen-bond donors (Lipinski definition) is 1. The van der Waals surface area contributed by atoms with Crippen LogP contribution in [-0.2, 0) is 9.53 Å². The van der Waals surface area contributed by atoms with E-state index >= 15 is 0 Å². The highest BCUT2D eigenvalue weighted by atomic mass is 16.5. The van der Waals surface area contributed by atoms with Gasteiger partial charge in [-0.1, -0.05) is 30.0 Å². The summed E-state index contributed by atoms with van der Waals surface area (Å²) in [6.07, 6.45) is 1.75. The summed E-state index contributed by atoms with van der Waals surface area (Å²) in [4.78, 5) is 11.0. The van der Waals surface area contributed by atoms with Crippen LogP contribution in [0.1, 0.15) is 31.7 Å². The Morgan fingerprint density at radius 3 is 2.67 bits per heavy atom. The zero-order valence-electron chi connectivity index (χ0n) is 10.6.